The van der Waals surface area contributed by atoms with Crippen LogP contribution in [0.2, 0.25) is 5.02 Å². The summed E-state index contributed by atoms with van der Waals surface area (Å²) in [5.74, 6) is 1.15. The normalized spacial score (nSPS) is 18.6. The fourth-order valence-corrected chi connectivity index (χ4v) is 3.17. The molecule has 108 valence electrons. The standard InChI is InChI=1S/C15H21ClN4/c1-3-20-14-5-4-12(16)10-13(14)18-15(20)11(2)19-8-6-17-7-9-19/h4-5,10-11,17H,3,6-9H2,1-2H3. The van der Waals surface area contributed by atoms with Crippen LogP contribution in [0.1, 0.15) is 25.7 Å². The first kappa shape index (κ1) is 13.9. The lowest BCUT2D eigenvalue weighted by Gasteiger charge is -2.32. The lowest BCUT2D eigenvalue weighted by Crippen LogP contribution is -2.45. The third kappa shape index (κ3) is 2.43. The second-order valence-corrected chi connectivity index (χ2v) is 5.75. The second kappa shape index (κ2) is 5.72. The highest BCUT2D eigenvalue weighted by atomic mass is 35.5. The molecule has 1 aliphatic heterocycles. The smallest absolute Gasteiger partial charge is 0.127 e. The topological polar surface area (TPSA) is 33.1 Å². The number of fused-ring (bicyclic) bond motifs is 1. The van der Waals surface area contributed by atoms with E-state index in [-0.39, 0.29) is 0 Å². The van der Waals surface area contributed by atoms with E-state index >= 15 is 0 Å². The lowest BCUT2D eigenvalue weighted by atomic mass is 10.2. The van der Waals surface area contributed by atoms with E-state index in [4.69, 9.17) is 16.6 Å². The summed E-state index contributed by atoms with van der Waals surface area (Å²) in [7, 11) is 0. The molecular formula is C15H21ClN4. The Bertz CT molecular complexity index is 601. The van der Waals surface area contributed by atoms with Gasteiger partial charge in [-0.1, -0.05) is 11.6 Å². The molecule has 20 heavy (non-hydrogen) atoms. The van der Waals surface area contributed by atoms with Gasteiger partial charge in [-0.3, -0.25) is 4.90 Å². The highest BCUT2D eigenvalue weighted by Gasteiger charge is 2.23. The number of nitrogens with zero attached hydrogens (tertiary/aromatic N) is 3. The Hall–Kier alpha value is -1.10. The van der Waals surface area contributed by atoms with Crippen LogP contribution in [0.25, 0.3) is 11.0 Å². The molecule has 1 saturated heterocycles. The molecule has 1 fully saturated rings. The van der Waals surface area contributed by atoms with Crippen molar-refractivity contribution in [2.75, 3.05) is 26.2 Å². The number of halogens is 1. The summed E-state index contributed by atoms with van der Waals surface area (Å²) in [5.41, 5.74) is 2.17. The van der Waals surface area contributed by atoms with Crippen LogP contribution in [0.3, 0.4) is 0 Å². The Labute approximate surface area is 124 Å². The Morgan fingerprint density at radius 2 is 2.10 bits per heavy atom. The van der Waals surface area contributed by atoms with Gasteiger partial charge in [0.1, 0.15) is 5.82 Å². The Morgan fingerprint density at radius 3 is 2.80 bits per heavy atom. The fraction of sp³-hybridized carbons (Fsp3) is 0.533. The quantitative estimate of drug-likeness (QED) is 0.944. The zero-order valence-corrected chi connectivity index (χ0v) is 12.8. The van der Waals surface area contributed by atoms with E-state index in [9.17, 15) is 0 Å². The van der Waals surface area contributed by atoms with Crippen molar-refractivity contribution in [3.8, 4) is 0 Å². The van der Waals surface area contributed by atoms with Gasteiger partial charge in [0.2, 0.25) is 0 Å². The maximum absolute atomic E-state index is 6.08. The number of nitrogens with one attached hydrogen (secondary N) is 1. The van der Waals surface area contributed by atoms with Crippen molar-refractivity contribution >= 4 is 22.6 Å². The minimum atomic E-state index is 0.336. The average Bonchev–Trinajstić information content (AvgIpc) is 2.84. The van der Waals surface area contributed by atoms with Crippen LogP contribution in [0, 0.1) is 0 Å². The van der Waals surface area contributed by atoms with E-state index < -0.39 is 0 Å². The number of rotatable bonds is 3. The molecular weight excluding hydrogens is 272 g/mol. The first-order valence-electron chi connectivity index (χ1n) is 7.31. The molecule has 4 nitrogen and oxygen atoms in total. The predicted octanol–water partition coefficient (Wildman–Crippen LogP) is 2.68. The Morgan fingerprint density at radius 1 is 1.35 bits per heavy atom. The van der Waals surface area contributed by atoms with Gasteiger partial charge in [0.25, 0.3) is 0 Å². The van der Waals surface area contributed by atoms with Gasteiger partial charge in [0, 0.05) is 37.7 Å². The van der Waals surface area contributed by atoms with Crippen LogP contribution in [0.15, 0.2) is 18.2 Å². The lowest BCUT2D eigenvalue weighted by molar-refractivity contribution is 0.176. The fourth-order valence-electron chi connectivity index (χ4n) is 3.01. The van der Waals surface area contributed by atoms with Gasteiger partial charge in [-0.05, 0) is 32.0 Å². The van der Waals surface area contributed by atoms with Crippen molar-refractivity contribution < 1.29 is 0 Å². The first-order valence-corrected chi connectivity index (χ1v) is 7.69. The summed E-state index contributed by atoms with van der Waals surface area (Å²) < 4.78 is 2.30. The van der Waals surface area contributed by atoms with Crippen molar-refractivity contribution in [2.24, 2.45) is 0 Å². The molecule has 2 aromatic rings. The van der Waals surface area contributed by atoms with Gasteiger partial charge in [-0.25, -0.2) is 4.98 Å². The predicted molar refractivity (Wildman–Crippen MR) is 83.3 cm³/mol. The maximum atomic E-state index is 6.08. The minimum absolute atomic E-state index is 0.336. The van der Waals surface area contributed by atoms with Crippen LogP contribution in [-0.4, -0.2) is 40.6 Å². The summed E-state index contributed by atoms with van der Waals surface area (Å²) in [5, 5.41) is 4.15. The number of hydrogen-bond acceptors (Lipinski definition) is 3. The number of imidazole rings is 1. The van der Waals surface area contributed by atoms with E-state index in [0.717, 1.165) is 49.1 Å². The number of benzene rings is 1. The molecule has 1 aromatic carbocycles. The highest BCUT2D eigenvalue weighted by Crippen LogP contribution is 2.26. The molecule has 1 unspecified atom stereocenters. The number of aryl methyl sites for hydroxylation is 1. The zero-order valence-electron chi connectivity index (χ0n) is 12.1. The Kier molecular flexibility index (Phi) is 3.96. The molecule has 1 atom stereocenters. The van der Waals surface area contributed by atoms with Crippen molar-refractivity contribution in [1.29, 1.82) is 0 Å². The van der Waals surface area contributed by atoms with E-state index in [1.165, 1.54) is 5.52 Å². The van der Waals surface area contributed by atoms with Crippen LogP contribution in [0.4, 0.5) is 0 Å². The maximum Gasteiger partial charge on any atom is 0.127 e. The van der Waals surface area contributed by atoms with Crippen LogP contribution < -0.4 is 5.32 Å². The molecule has 0 amide bonds. The molecule has 0 radical (unpaired) electrons. The van der Waals surface area contributed by atoms with Crippen LogP contribution in [-0.2, 0) is 6.54 Å². The summed E-state index contributed by atoms with van der Waals surface area (Å²) in [6.07, 6.45) is 0. The van der Waals surface area contributed by atoms with Crippen molar-refractivity contribution in [2.45, 2.75) is 26.4 Å². The summed E-state index contributed by atoms with van der Waals surface area (Å²) >= 11 is 6.08. The van der Waals surface area contributed by atoms with E-state index in [0.29, 0.717) is 6.04 Å². The van der Waals surface area contributed by atoms with Gasteiger partial charge in [-0.15, -0.1) is 0 Å². The minimum Gasteiger partial charge on any atom is -0.327 e. The average molecular weight is 293 g/mol. The van der Waals surface area contributed by atoms with Gasteiger partial charge in [0.15, 0.2) is 0 Å². The molecule has 0 aliphatic carbocycles. The molecule has 0 saturated carbocycles. The monoisotopic (exact) mass is 292 g/mol. The van der Waals surface area contributed by atoms with E-state index in [2.05, 4.69) is 34.7 Å². The molecule has 1 aromatic heterocycles. The molecule has 2 heterocycles. The zero-order chi connectivity index (χ0) is 14.1. The van der Waals surface area contributed by atoms with E-state index in [1.54, 1.807) is 0 Å². The molecule has 0 bridgehead atoms. The van der Waals surface area contributed by atoms with Crippen molar-refractivity contribution in [3.63, 3.8) is 0 Å². The molecule has 1 N–H and O–H groups in total. The van der Waals surface area contributed by atoms with Crippen molar-refractivity contribution in [3.05, 3.63) is 29.0 Å². The molecule has 1 aliphatic rings. The first-order chi connectivity index (χ1) is 9.70. The third-order valence-electron chi connectivity index (χ3n) is 4.13. The van der Waals surface area contributed by atoms with Gasteiger partial charge < -0.3 is 9.88 Å². The summed E-state index contributed by atoms with van der Waals surface area (Å²) in [4.78, 5) is 7.33. The second-order valence-electron chi connectivity index (χ2n) is 5.31. The van der Waals surface area contributed by atoms with E-state index in [1.807, 2.05) is 12.1 Å². The summed E-state index contributed by atoms with van der Waals surface area (Å²) in [6.45, 7) is 9.63. The number of hydrogen-bond donors (Lipinski definition) is 1. The number of piperazine rings is 1. The summed E-state index contributed by atoms with van der Waals surface area (Å²) in [6, 6.07) is 6.30. The van der Waals surface area contributed by atoms with Crippen molar-refractivity contribution in [1.82, 2.24) is 19.8 Å². The SMILES string of the molecule is CCn1c(C(C)N2CCNCC2)nc2cc(Cl)ccc21. The largest absolute Gasteiger partial charge is 0.327 e. The van der Waals surface area contributed by atoms with Crippen LogP contribution >= 0.6 is 11.6 Å². The number of aromatic nitrogens is 2. The third-order valence-corrected chi connectivity index (χ3v) is 4.36. The van der Waals surface area contributed by atoms with Gasteiger partial charge in [-0.2, -0.15) is 0 Å². The van der Waals surface area contributed by atoms with Crippen LogP contribution in [0.5, 0.6) is 0 Å². The Balaban J connectivity index is 2.01. The van der Waals surface area contributed by atoms with Gasteiger partial charge >= 0.3 is 0 Å². The van der Waals surface area contributed by atoms with Gasteiger partial charge in [0.05, 0.1) is 17.1 Å². The molecule has 3 rings (SSSR count). The molecule has 0 spiro atoms. The molecule has 5 heteroatoms. The highest BCUT2D eigenvalue weighted by molar-refractivity contribution is 6.31.